The van der Waals surface area contributed by atoms with E-state index in [4.69, 9.17) is 9.47 Å². The largest absolute Gasteiger partial charge is 0.444 e. The normalized spacial score (nSPS) is 27.7. The van der Waals surface area contributed by atoms with Crippen LogP contribution in [0.2, 0.25) is 0 Å². The van der Waals surface area contributed by atoms with E-state index >= 15 is 0 Å². The highest BCUT2D eigenvalue weighted by Crippen LogP contribution is 2.21. The van der Waals surface area contributed by atoms with E-state index in [2.05, 4.69) is 0 Å². The number of rotatable bonds is 0. The first-order valence-corrected chi connectivity index (χ1v) is 10.9. The molecular weight excluding hydrogens is 388 g/mol. The molecule has 0 saturated carbocycles. The van der Waals surface area contributed by atoms with Gasteiger partial charge in [0.15, 0.2) is 0 Å². The van der Waals surface area contributed by atoms with Crippen molar-refractivity contribution in [1.82, 2.24) is 9.80 Å². The zero-order valence-electron chi connectivity index (χ0n) is 20.0. The van der Waals surface area contributed by atoms with Crippen LogP contribution in [0.5, 0.6) is 0 Å². The Balaban J connectivity index is 0.000000300. The first-order valence-electron chi connectivity index (χ1n) is 10.9. The number of amides is 2. The second-order valence-electron chi connectivity index (χ2n) is 10.4. The standard InChI is InChI=1S/2C11H21NO3/c2*1-8-7-9(13)5-6-12(8)10(14)15-11(2,3)4/h2*8-9,13H,5-7H2,1-4H3/t8-,9+;8-,9-/m00/s1. The van der Waals surface area contributed by atoms with Gasteiger partial charge >= 0.3 is 12.2 Å². The molecule has 176 valence electrons. The summed E-state index contributed by atoms with van der Waals surface area (Å²) in [5.41, 5.74) is -0.903. The SMILES string of the molecule is C[C@H]1C[C@@H](O)CCN1C(=O)OC(C)(C)C.C[C@H]1C[C@H](O)CCN1C(=O)OC(C)(C)C. The number of hydrogen-bond acceptors (Lipinski definition) is 6. The molecule has 0 aromatic heterocycles. The van der Waals surface area contributed by atoms with Gasteiger partial charge in [-0.3, -0.25) is 0 Å². The Bertz CT molecular complexity index is 519. The predicted molar refractivity (Wildman–Crippen MR) is 115 cm³/mol. The number of aliphatic hydroxyl groups excluding tert-OH is 2. The fraction of sp³-hybridized carbons (Fsp3) is 0.909. The smallest absolute Gasteiger partial charge is 0.410 e. The number of likely N-dealkylation sites (tertiary alicyclic amines) is 2. The first-order chi connectivity index (χ1) is 13.6. The number of ether oxygens (including phenoxy) is 2. The van der Waals surface area contributed by atoms with Gasteiger partial charge in [0.05, 0.1) is 12.2 Å². The molecule has 2 heterocycles. The molecule has 8 nitrogen and oxygen atoms in total. The minimum absolute atomic E-state index is 0.0589. The Labute approximate surface area is 181 Å². The fourth-order valence-corrected chi connectivity index (χ4v) is 3.48. The van der Waals surface area contributed by atoms with E-state index in [1.807, 2.05) is 55.4 Å². The Hall–Kier alpha value is -1.54. The van der Waals surface area contributed by atoms with E-state index in [0.717, 1.165) is 0 Å². The molecule has 2 aliphatic rings. The van der Waals surface area contributed by atoms with Crippen LogP contribution in [-0.2, 0) is 9.47 Å². The molecule has 0 aromatic carbocycles. The third kappa shape index (κ3) is 9.51. The molecule has 4 atom stereocenters. The van der Waals surface area contributed by atoms with Crippen LogP contribution < -0.4 is 0 Å². The zero-order chi connectivity index (χ0) is 23.3. The van der Waals surface area contributed by atoms with Gasteiger partial charge in [-0.25, -0.2) is 9.59 Å². The van der Waals surface area contributed by atoms with Gasteiger partial charge in [-0.1, -0.05) is 0 Å². The monoisotopic (exact) mass is 430 g/mol. The molecule has 0 unspecified atom stereocenters. The van der Waals surface area contributed by atoms with Gasteiger partial charge in [-0.2, -0.15) is 0 Å². The van der Waals surface area contributed by atoms with Crippen LogP contribution in [0.25, 0.3) is 0 Å². The van der Waals surface area contributed by atoms with E-state index in [0.29, 0.717) is 38.8 Å². The van der Waals surface area contributed by atoms with Crippen molar-refractivity contribution in [3.05, 3.63) is 0 Å². The molecule has 30 heavy (non-hydrogen) atoms. The minimum atomic E-state index is -0.452. The van der Waals surface area contributed by atoms with Crippen LogP contribution in [0.4, 0.5) is 9.59 Å². The van der Waals surface area contributed by atoms with Crippen LogP contribution in [0.15, 0.2) is 0 Å². The lowest BCUT2D eigenvalue weighted by Gasteiger charge is -2.36. The van der Waals surface area contributed by atoms with Crippen molar-refractivity contribution in [2.24, 2.45) is 0 Å². The van der Waals surface area contributed by atoms with E-state index in [1.54, 1.807) is 9.80 Å². The average molecular weight is 431 g/mol. The van der Waals surface area contributed by atoms with Crippen molar-refractivity contribution in [1.29, 1.82) is 0 Å². The summed E-state index contributed by atoms with van der Waals surface area (Å²) in [5, 5.41) is 18.9. The summed E-state index contributed by atoms with van der Waals surface area (Å²) < 4.78 is 10.6. The number of nitrogens with zero attached hydrogens (tertiary/aromatic N) is 2. The second-order valence-corrected chi connectivity index (χ2v) is 10.4. The number of aliphatic hydroxyl groups is 2. The number of piperidine rings is 2. The summed E-state index contributed by atoms with van der Waals surface area (Å²) in [7, 11) is 0. The Morgan fingerprint density at radius 3 is 1.27 bits per heavy atom. The van der Waals surface area contributed by atoms with Gasteiger partial charge in [0.1, 0.15) is 11.2 Å². The maximum Gasteiger partial charge on any atom is 0.410 e. The van der Waals surface area contributed by atoms with E-state index in [9.17, 15) is 19.8 Å². The van der Waals surface area contributed by atoms with Crippen LogP contribution in [0, 0.1) is 0 Å². The summed E-state index contributed by atoms with van der Waals surface area (Å²) in [5.74, 6) is 0. The van der Waals surface area contributed by atoms with Crippen LogP contribution in [0.3, 0.4) is 0 Å². The molecule has 2 fully saturated rings. The molecule has 2 saturated heterocycles. The topological polar surface area (TPSA) is 99.5 Å². The minimum Gasteiger partial charge on any atom is -0.444 e. The molecular formula is C22H42N2O6. The van der Waals surface area contributed by atoms with Crippen molar-refractivity contribution in [3.63, 3.8) is 0 Å². The van der Waals surface area contributed by atoms with Gasteiger partial charge in [-0.05, 0) is 81.1 Å². The average Bonchev–Trinajstić information content (AvgIpc) is 2.51. The zero-order valence-corrected chi connectivity index (χ0v) is 20.0. The van der Waals surface area contributed by atoms with Gasteiger partial charge in [0.2, 0.25) is 0 Å². The lowest BCUT2D eigenvalue weighted by Crippen LogP contribution is -2.47. The highest BCUT2D eigenvalue weighted by molar-refractivity contribution is 5.69. The summed E-state index contributed by atoms with van der Waals surface area (Å²) in [6.07, 6.45) is 1.45. The number of carbonyl (C=O) groups is 2. The molecule has 2 aliphatic heterocycles. The number of carbonyl (C=O) groups excluding carboxylic acids is 2. The lowest BCUT2D eigenvalue weighted by atomic mass is 10.0. The Kier molecular flexibility index (Phi) is 9.42. The number of hydrogen-bond donors (Lipinski definition) is 2. The van der Waals surface area contributed by atoms with Crippen molar-refractivity contribution in [2.45, 2.75) is 117 Å². The van der Waals surface area contributed by atoms with Crippen LogP contribution in [0.1, 0.15) is 81.1 Å². The second kappa shape index (κ2) is 10.7. The molecule has 0 radical (unpaired) electrons. The lowest BCUT2D eigenvalue weighted by molar-refractivity contribution is -0.00589. The van der Waals surface area contributed by atoms with E-state index < -0.39 is 11.2 Å². The van der Waals surface area contributed by atoms with Gasteiger partial charge in [0, 0.05) is 25.2 Å². The molecule has 0 bridgehead atoms. The molecule has 2 N–H and O–H groups in total. The van der Waals surface area contributed by atoms with Crippen molar-refractivity contribution < 1.29 is 29.3 Å². The van der Waals surface area contributed by atoms with Crippen LogP contribution >= 0.6 is 0 Å². The van der Waals surface area contributed by atoms with Gasteiger partial charge < -0.3 is 29.5 Å². The Morgan fingerprint density at radius 1 is 0.733 bits per heavy atom. The summed E-state index contributed by atoms with van der Waals surface area (Å²) in [4.78, 5) is 26.9. The van der Waals surface area contributed by atoms with E-state index in [1.165, 1.54) is 0 Å². The maximum atomic E-state index is 11.8. The van der Waals surface area contributed by atoms with E-state index in [-0.39, 0.29) is 36.5 Å². The van der Waals surface area contributed by atoms with Gasteiger partial charge in [-0.15, -0.1) is 0 Å². The molecule has 2 rings (SSSR count). The highest BCUT2D eigenvalue weighted by Gasteiger charge is 2.31. The molecule has 0 aliphatic carbocycles. The van der Waals surface area contributed by atoms with Gasteiger partial charge in [0.25, 0.3) is 0 Å². The molecule has 0 spiro atoms. The van der Waals surface area contributed by atoms with Crippen molar-refractivity contribution in [2.75, 3.05) is 13.1 Å². The predicted octanol–water partition coefficient (Wildman–Crippen LogP) is 3.53. The highest BCUT2D eigenvalue weighted by atomic mass is 16.6. The Morgan fingerprint density at radius 2 is 1.03 bits per heavy atom. The summed E-state index contributed by atoms with van der Waals surface area (Å²) in [6, 6.07) is 0.118. The molecule has 2 amide bonds. The first kappa shape index (κ1) is 26.5. The van der Waals surface area contributed by atoms with Crippen molar-refractivity contribution in [3.8, 4) is 0 Å². The summed E-state index contributed by atoms with van der Waals surface area (Å²) >= 11 is 0. The van der Waals surface area contributed by atoms with Crippen molar-refractivity contribution >= 4 is 12.2 Å². The third-order valence-electron chi connectivity index (χ3n) is 4.95. The fourth-order valence-electron chi connectivity index (χ4n) is 3.48. The molecule has 0 aromatic rings. The maximum absolute atomic E-state index is 11.8. The summed E-state index contributed by atoms with van der Waals surface area (Å²) in [6.45, 7) is 16.2. The third-order valence-corrected chi connectivity index (χ3v) is 4.95. The van der Waals surface area contributed by atoms with Crippen LogP contribution in [-0.4, -0.2) is 80.8 Å². The quantitative estimate of drug-likeness (QED) is 0.610. The molecule has 8 heteroatoms.